The Balaban J connectivity index is 1.63. The van der Waals surface area contributed by atoms with Gasteiger partial charge in [-0.15, -0.1) is 0 Å². The minimum atomic E-state index is -1.47. The quantitative estimate of drug-likeness (QED) is 0.338. The summed E-state index contributed by atoms with van der Waals surface area (Å²) in [4.78, 5) is 0. The van der Waals surface area contributed by atoms with Crippen molar-refractivity contribution in [3.05, 3.63) is 57.7 Å². The van der Waals surface area contributed by atoms with Gasteiger partial charge in [-0.3, -0.25) is 5.10 Å². The van der Waals surface area contributed by atoms with Gasteiger partial charge in [0.05, 0.1) is 19.3 Å². The molecule has 1 saturated heterocycles. The number of benzene rings is 2. The van der Waals surface area contributed by atoms with Crippen molar-refractivity contribution in [3.63, 3.8) is 0 Å². The molecule has 5 atom stereocenters. The maximum Gasteiger partial charge on any atom is 0.147 e. The van der Waals surface area contributed by atoms with E-state index in [1.165, 1.54) is 0 Å². The summed E-state index contributed by atoms with van der Waals surface area (Å²) in [5, 5.41) is 47.8. The van der Waals surface area contributed by atoms with Crippen molar-refractivity contribution < 1.29 is 29.9 Å². The summed E-state index contributed by atoms with van der Waals surface area (Å²) < 4.78 is 11.5. The molecule has 0 amide bonds. The van der Waals surface area contributed by atoms with Crippen LogP contribution in [0.4, 0.5) is 0 Å². The molecule has 5 N–H and O–H groups in total. The normalized spacial score (nSPS) is 25.4. The van der Waals surface area contributed by atoms with Crippen LogP contribution in [0.1, 0.15) is 16.8 Å². The standard InChI is InChI=1S/C23H23BrN2O6/c1-31-15-5-2-12(3-6-15)8-17-16-10-14(24)9-13(20(16)26-25-17)4-7-18-21(28)23(30)22(29)19(11-27)32-18/h2-3,5-6,9-10,18-19,21-23,27-30H,8,11H2,1H3,(H,25,26)/t18-,19-,21-,22-,23-/m1/s1. The van der Waals surface area contributed by atoms with Gasteiger partial charge in [-0.05, 0) is 29.8 Å². The lowest BCUT2D eigenvalue weighted by Crippen LogP contribution is -2.58. The molecule has 2 aromatic carbocycles. The number of hydrogen-bond donors (Lipinski definition) is 5. The summed E-state index contributed by atoms with van der Waals surface area (Å²) in [6.07, 6.45) is -5.74. The Hall–Kier alpha value is -2.45. The number of methoxy groups -OCH3 is 1. The molecule has 0 saturated carbocycles. The molecule has 168 valence electrons. The SMILES string of the molecule is COc1ccc(Cc2[nH]nc3c(C#C[C@H]4O[C@H](CO)[C@@H](O)[C@H](O)[C@@H]4O)cc(Br)cc23)cc1. The lowest BCUT2D eigenvalue weighted by Gasteiger charge is -2.37. The molecule has 0 spiro atoms. The number of nitrogens with zero attached hydrogens (tertiary/aromatic N) is 1. The highest BCUT2D eigenvalue weighted by molar-refractivity contribution is 9.10. The highest BCUT2D eigenvalue weighted by Gasteiger charge is 2.42. The van der Waals surface area contributed by atoms with Gasteiger partial charge < -0.3 is 29.9 Å². The molecule has 1 fully saturated rings. The number of hydrogen-bond acceptors (Lipinski definition) is 7. The van der Waals surface area contributed by atoms with Crippen molar-refractivity contribution in [1.82, 2.24) is 10.2 Å². The van der Waals surface area contributed by atoms with E-state index in [0.717, 1.165) is 26.9 Å². The van der Waals surface area contributed by atoms with Crippen molar-refractivity contribution in [2.75, 3.05) is 13.7 Å². The number of ether oxygens (including phenoxy) is 2. The van der Waals surface area contributed by atoms with Crippen molar-refractivity contribution in [3.8, 4) is 17.6 Å². The lowest BCUT2D eigenvalue weighted by molar-refractivity contribution is -0.214. The topological polar surface area (TPSA) is 128 Å². The summed E-state index contributed by atoms with van der Waals surface area (Å²) in [5.41, 5.74) is 3.27. The molecule has 1 aliphatic heterocycles. The number of aliphatic hydroxyl groups excluding tert-OH is 4. The number of aliphatic hydroxyl groups is 4. The van der Waals surface area contributed by atoms with Crippen LogP contribution in [0, 0.1) is 11.8 Å². The molecule has 1 aromatic heterocycles. The molecule has 8 nitrogen and oxygen atoms in total. The molecular formula is C23H23BrN2O6. The van der Waals surface area contributed by atoms with E-state index in [9.17, 15) is 20.4 Å². The van der Waals surface area contributed by atoms with Crippen LogP contribution in [0.5, 0.6) is 5.75 Å². The zero-order chi connectivity index (χ0) is 22.8. The molecule has 9 heteroatoms. The van der Waals surface area contributed by atoms with Crippen LogP contribution in [0.2, 0.25) is 0 Å². The maximum absolute atomic E-state index is 10.2. The molecule has 0 aliphatic carbocycles. The van der Waals surface area contributed by atoms with Crippen LogP contribution in [0.15, 0.2) is 40.9 Å². The van der Waals surface area contributed by atoms with E-state index in [-0.39, 0.29) is 0 Å². The number of halogens is 1. The average Bonchev–Trinajstić information content (AvgIpc) is 3.19. The van der Waals surface area contributed by atoms with Gasteiger partial charge in [-0.25, -0.2) is 0 Å². The molecule has 0 bridgehead atoms. The van der Waals surface area contributed by atoms with Crippen LogP contribution in [-0.4, -0.2) is 74.9 Å². The molecule has 32 heavy (non-hydrogen) atoms. The first kappa shape index (κ1) is 22.7. The van der Waals surface area contributed by atoms with Crippen molar-refractivity contribution in [2.45, 2.75) is 36.9 Å². The fourth-order valence-corrected chi connectivity index (χ4v) is 4.14. The van der Waals surface area contributed by atoms with E-state index in [0.29, 0.717) is 17.5 Å². The van der Waals surface area contributed by atoms with E-state index in [1.807, 2.05) is 30.3 Å². The van der Waals surface area contributed by atoms with Gasteiger partial charge in [-0.2, -0.15) is 5.10 Å². The highest BCUT2D eigenvalue weighted by Crippen LogP contribution is 2.27. The molecule has 0 unspecified atom stereocenters. The highest BCUT2D eigenvalue weighted by atomic mass is 79.9. The number of H-pyrrole nitrogens is 1. The number of fused-ring (bicyclic) bond motifs is 1. The van der Waals surface area contributed by atoms with Crippen LogP contribution in [0.3, 0.4) is 0 Å². The summed E-state index contributed by atoms with van der Waals surface area (Å²) in [6.45, 7) is -0.502. The van der Waals surface area contributed by atoms with Crippen LogP contribution in [-0.2, 0) is 11.2 Å². The van der Waals surface area contributed by atoms with E-state index in [1.54, 1.807) is 13.2 Å². The molecule has 4 rings (SSSR count). The smallest absolute Gasteiger partial charge is 0.147 e. The Morgan fingerprint density at radius 1 is 1.12 bits per heavy atom. The summed E-state index contributed by atoms with van der Waals surface area (Å²) >= 11 is 3.51. The summed E-state index contributed by atoms with van der Waals surface area (Å²) in [5.74, 6) is 6.55. The van der Waals surface area contributed by atoms with Crippen molar-refractivity contribution in [2.24, 2.45) is 0 Å². The molecule has 0 radical (unpaired) electrons. The second-order valence-electron chi connectivity index (χ2n) is 7.60. The monoisotopic (exact) mass is 502 g/mol. The third kappa shape index (κ3) is 4.52. The number of rotatable bonds is 4. The number of aromatic amines is 1. The minimum absolute atomic E-state index is 0.502. The fraction of sp³-hybridized carbons (Fsp3) is 0.348. The predicted molar refractivity (Wildman–Crippen MR) is 120 cm³/mol. The van der Waals surface area contributed by atoms with Gasteiger partial charge in [0.1, 0.15) is 41.8 Å². The van der Waals surface area contributed by atoms with E-state index in [4.69, 9.17) is 9.47 Å². The Bertz CT molecular complexity index is 1150. The molecule has 1 aliphatic rings. The molecular weight excluding hydrogens is 480 g/mol. The Morgan fingerprint density at radius 3 is 2.56 bits per heavy atom. The maximum atomic E-state index is 10.2. The van der Waals surface area contributed by atoms with Crippen LogP contribution < -0.4 is 4.74 Å². The number of nitrogens with one attached hydrogen (secondary N) is 1. The van der Waals surface area contributed by atoms with Gasteiger partial charge in [-0.1, -0.05) is 39.9 Å². The Kier molecular flexibility index (Phi) is 6.81. The molecule has 2 heterocycles. The minimum Gasteiger partial charge on any atom is -0.497 e. The third-order valence-electron chi connectivity index (χ3n) is 5.48. The summed E-state index contributed by atoms with van der Waals surface area (Å²) in [7, 11) is 1.63. The lowest BCUT2D eigenvalue weighted by atomic mass is 9.95. The van der Waals surface area contributed by atoms with Gasteiger partial charge >= 0.3 is 0 Å². The first-order valence-corrected chi connectivity index (χ1v) is 10.8. The zero-order valence-electron chi connectivity index (χ0n) is 17.2. The molecule has 3 aromatic rings. The van der Waals surface area contributed by atoms with Crippen molar-refractivity contribution in [1.29, 1.82) is 0 Å². The first-order chi connectivity index (χ1) is 15.4. The van der Waals surface area contributed by atoms with Crippen LogP contribution >= 0.6 is 15.9 Å². The predicted octanol–water partition coefficient (Wildman–Crippen LogP) is 1.12. The first-order valence-electron chi connectivity index (χ1n) is 10.0. The van der Waals surface area contributed by atoms with Crippen LogP contribution in [0.25, 0.3) is 10.9 Å². The number of aromatic nitrogens is 2. The van der Waals surface area contributed by atoms with Gasteiger partial charge in [0, 0.05) is 22.0 Å². The van der Waals surface area contributed by atoms with Gasteiger partial charge in [0.2, 0.25) is 0 Å². The van der Waals surface area contributed by atoms with E-state index >= 15 is 0 Å². The van der Waals surface area contributed by atoms with Crippen molar-refractivity contribution >= 4 is 26.8 Å². The average molecular weight is 503 g/mol. The third-order valence-corrected chi connectivity index (χ3v) is 5.94. The summed E-state index contributed by atoms with van der Waals surface area (Å²) in [6, 6.07) is 11.5. The second kappa shape index (κ2) is 9.58. The Labute approximate surface area is 192 Å². The largest absolute Gasteiger partial charge is 0.497 e. The van der Waals surface area contributed by atoms with Gasteiger partial charge in [0.25, 0.3) is 0 Å². The van der Waals surface area contributed by atoms with Gasteiger partial charge in [0.15, 0.2) is 0 Å². The zero-order valence-corrected chi connectivity index (χ0v) is 18.8. The fourth-order valence-electron chi connectivity index (χ4n) is 3.68. The van der Waals surface area contributed by atoms with E-state index < -0.39 is 37.1 Å². The van der Waals surface area contributed by atoms with E-state index in [2.05, 4.69) is 38.0 Å². The second-order valence-corrected chi connectivity index (χ2v) is 8.51. The Morgan fingerprint density at radius 2 is 1.88 bits per heavy atom.